The molecule has 0 spiro atoms. The van der Waals surface area contributed by atoms with E-state index in [4.69, 9.17) is 4.74 Å². The number of hydrogen-bond donors (Lipinski definition) is 1. The maximum atomic E-state index is 12.8. The number of nitrogens with one attached hydrogen (secondary N) is 1. The SMILES string of the molecule is COc1ccc(C(=O)N2CCN(C)CC2)cc1NC(=O)Cc1cccc(C)c1. The van der Waals surface area contributed by atoms with Gasteiger partial charge in [0.1, 0.15) is 5.75 Å². The molecular formula is C22H27N3O3. The number of aryl methyl sites for hydroxylation is 1. The van der Waals surface area contributed by atoms with Gasteiger partial charge in [0.2, 0.25) is 5.91 Å². The summed E-state index contributed by atoms with van der Waals surface area (Å²) in [6.07, 6.45) is 0.265. The van der Waals surface area contributed by atoms with Crippen molar-refractivity contribution < 1.29 is 14.3 Å². The predicted molar refractivity (Wildman–Crippen MR) is 110 cm³/mol. The topological polar surface area (TPSA) is 61.9 Å². The molecule has 1 aliphatic heterocycles. The second-order valence-corrected chi connectivity index (χ2v) is 7.22. The minimum atomic E-state index is -0.145. The molecule has 2 aromatic rings. The molecule has 1 fully saturated rings. The molecule has 0 unspecified atom stereocenters. The third-order valence-corrected chi connectivity index (χ3v) is 4.96. The summed E-state index contributed by atoms with van der Waals surface area (Å²) < 4.78 is 5.36. The van der Waals surface area contributed by atoms with Gasteiger partial charge in [-0.15, -0.1) is 0 Å². The van der Waals surface area contributed by atoms with E-state index in [1.807, 2.05) is 36.1 Å². The summed E-state index contributed by atoms with van der Waals surface area (Å²) in [7, 11) is 3.60. The van der Waals surface area contributed by atoms with Crippen molar-refractivity contribution in [1.82, 2.24) is 9.80 Å². The van der Waals surface area contributed by atoms with Crippen molar-refractivity contribution in [3.63, 3.8) is 0 Å². The number of ether oxygens (including phenoxy) is 1. The molecule has 28 heavy (non-hydrogen) atoms. The Kier molecular flexibility index (Phi) is 6.31. The van der Waals surface area contributed by atoms with Gasteiger partial charge in [0.05, 0.1) is 19.2 Å². The standard InChI is InChI=1S/C22H27N3O3/c1-16-5-4-6-17(13-16)14-21(26)23-19-15-18(7-8-20(19)28-3)22(27)25-11-9-24(2)10-12-25/h4-8,13,15H,9-12,14H2,1-3H3,(H,23,26). The largest absolute Gasteiger partial charge is 0.495 e. The Morgan fingerprint density at radius 2 is 1.82 bits per heavy atom. The Labute approximate surface area is 166 Å². The first-order chi connectivity index (χ1) is 13.5. The molecule has 6 heteroatoms. The van der Waals surface area contributed by atoms with Gasteiger partial charge in [-0.1, -0.05) is 29.8 Å². The number of piperazine rings is 1. The molecule has 3 rings (SSSR count). The smallest absolute Gasteiger partial charge is 0.254 e. The fraction of sp³-hybridized carbons (Fsp3) is 0.364. The highest BCUT2D eigenvalue weighted by atomic mass is 16.5. The van der Waals surface area contributed by atoms with Crippen LogP contribution < -0.4 is 10.1 Å². The number of amides is 2. The summed E-state index contributed by atoms with van der Waals surface area (Å²) in [5, 5.41) is 2.89. The van der Waals surface area contributed by atoms with Crippen LogP contribution in [0.1, 0.15) is 21.5 Å². The van der Waals surface area contributed by atoms with Crippen LogP contribution in [0.5, 0.6) is 5.75 Å². The van der Waals surface area contributed by atoms with Gasteiger partial charge in [0.25, 0.3) is 5.91 Å². The van der Waals surface area contributed by atoms with Crippen LogP contribution in [-0.2, 0) is 11.2 Å². The molecule has 1 aliphatic rings. The molecule has 6 nitrogen and oxygen atoms in total. The van der Waals surface area contributed by atoms with Crippen LogP contribution in [0.4, 0.5) is 5.69 Å². The van der Waals surface area contributed by atoms with Gasteiger partial charge in [-0.05, 0) is 37.7 Å². The molecule has 1 heterocycles. The maximum absolute atomic E-state index is 12.8. The Bertz CT molecular complexity index is 858. The van der Waals surface area contributed by atoms with Crippen LogP contribution in [0.15, 0.2) is 42.5 Å². The fourth-order valence-corrected chi connectivity index (χ4v) is 3.33. The molecule has 2 amide bonds. The third-order valence-electron chi connectivity index (χ3n) is 4.96. The first-order valence-electron chi connectivity index (χ1n) is 9.47. The van der Waals surface area contributed by atoms with Crippen LogP contribution >= 0.6 is 0 Å². The van der Waals surface area contributed by atoms with Gasteiger partial charge in [0.15, 0.2) is 0 Å². The average molecular weight is 381 g/mol. The lowest BCUT2D eigenvalue weighted by Crippen LogP contribution is -2.47. The molecule has 0 radical (unpaired) electrons. The van der Waals surface area contributed by atoms with Crippen LogP contribution in [0, 0.1) is 6.92 Å². The zero-order chi connectivity index (χ0) is 20.1. The molecule has 1 N–H and O–H groups in total. The highest BCUT2D eigenvalue weighted by molar-refractivity contribution is 5.99. The van der Waals surface area contributed by atoms with Crippen molar-refractivity contribution in [2.75, 3.05) is 45.7 Å². The quantitative estimate of drug-likeness (QED) is 0.865. The lowest BCUT2D eigenvalue weighted by atomic mass is 10.1. The van der Waals surface area contributed by atoms with E-state index in [1.165, 1.54) is 0 Å². The summed E-state index contributed by atoms with van der Waals surface area (Å²) in [5.74, 6) is 0.366. The Hall–Kier alpha value is -2.86. The number of carbonyl (C=O) groups is 2. The van der Waals surface area contributed by atoms with E-state index >= 15 is 0 Å². The zero-order valence-corrected chi connectivity index (χ0v) is 16.7. The molecule has 1 saturated heterocycles. The van der Waals surface area contributed by atoms with E-state index in [-0.39, 0.29) is 18.2 Å². The number of anilines is 1. The summed E-state index contributed by atoms with van der Waals surface area (Å²) in [6.45, 7) is 5.13. The van der Waals surface area contributed by atoms with Crippen molar-refractivity contribution in [2.24, 2.45) is 0 Å². The molecule has 0 bridgehead atoms. The number of rotatable bonds is 5. The van der Waals surface area contributed by atoms with E-state index < -0.39 is 0 Å². The van der Waals surface area contributed by atoms with Gasteiger partial charge >= 0.3 is 0 Å². The fourth-order valence-electron chi connectivity index (χ4n) is 3.33. The molecule has 0 atom stereocenters. The minimum absolute atomic E-state index is 0.0232. The molecule has 2 aromatic carbocycles. The van der Waals surface area contributed by atoms with Crippen molar-refractivity contribution in [3.05, 3.63) is 59.2 Å². The highest BCUT2D eigenvalue weighted by Gasteiger charge is 2.21. The normalized spacial score (nSPS) is 14.6. The van der Waals surface area contributed by atoms with Crippen LogP contribution in [0.2, 0.25) is 0 Å². The van der Waals surface area contributed by atoms with E-state index in [0.29, 0.717) is 30.1 Å². The lowest BCUT2D eigenvalue weighted by molar-refractivity contribution is -0.115. The van der Waals surface area contributed by atoms with Crippen molar-refractivity contribution in [3.8, 4) is 5.75 Å². The van der Waals surface area contributed by atoms with Gasteiger partial charge < -0.3 is 19.9 Å². The highest BCUT2D eigenvalue weighted by Crippen LogP contribution is 2.26. The first-order valence-corrected chi connectivity index (χ1v) is 9.47. The van der Waals surface area contributed by atoms with Gasteiger partial charge in [-0.2, -0.15) is 0 Å². The van der Waals surface area contributed by atoms with E-state index in [9.17, 15) is 9.59 Å². The summed E-state index contributed by atoms with van der Waals surface area (Å²) in [4.78, 5) is 29.4. The van der Waals surface area contributed by atoms with Crippen LogP contribution in [0.25, 0.3) is 0 Å². The van der Waals surface area contributed by atoms with Gasteiger partial charge in [-0.3, -0.25) is 9.59 Å². The monoisotopic (exact) mass is 381 g/mol. The first kappa shape index (κ1) is 19.9. The average Bonchev–Trinajstić information content (AvgIpc) is 2.68. The second-order valence-electron chi connectivity index (χ2n) is 7.22. The van der Waals surface area contributed by atoms with Crippen molar-refractivity contribution in [1.29, 1.82) is 0 Å². The number of benzene rings is 2. The second kappa shape index (κ2) is 8.89. The van der Waals surface area contributed by atoms with Crippen molar-refractivity contribution >= 4 is 17.5 Å². The van der Waals surface area contributed by atoms with Crippen LogP contribution in [-0.4, -0.2) is 62.0 Å². The zero-order valence-electron chi connectivity index (χ0n) is 16.7. The third kappa shape index (κ3) is 4.89. The number of carbonyl (C=O) groups excluding carboxylic acids is 2. The number of nitrogens with zero attached hydrogens (tertiary/aromatic N) is 2. The maximum Gasteiger partial charge on any atom is 0.254 e. The summed E-state index contributed by atoms with van der Waals surface area (Å²) in [6, 6.07) is 13.0. The molecule has 148 valence electrons. The summed E-state index contributed by atoms with van der Waals surface area (Å²) in [5.41, 5.74) is 3.13. The van der Waals surface area contributed by atoms with Gasteiger partial charge in [0, 0.05) is 31.7 Å². The number of methoxy groups -OCH3 is 1. The molecular weight excluding hydrogens is 354 g/mol. The Morgan fingerprint density at radius 1 is 1.07 bits per heavy atom. The Morgan fingerprint density at radius 3 is 2.50 bits per heavy atom. The molecule has 0 aromatic heterocycles. The van der Waals surface area contributed by atoms with E-state index in [2.05, 4.69) is 17.3 Å². The van der Waals surface area contributed by atoms with Crippen LogP contribution in [0.3, 0.4) is 0 Å². The van der Waals surface area contributed by atoms with E-state index in [0.717, 1.165) is 24.2 Å². The van der Waals surface area contributed by atoms with Crippen molar-refractivity contribution in [2.45, 2.75) is 13.3 Å². The molecule has 0 saturated carbocycles. The summed E-state index contributed by atoms with van der Waals surface area (Å²) >= 11 is 0. The number of likely N-dealkylation sites (N-methyl/N-ethyl adjacent to an activating group) is 1. The Balaban J connectivity index is 1.73. The lowest BCUT2D eigenvalue weighted by Gasteiger charge is -2.32. The minimum Gasteiger partial charge on any atom is -0.495 e. The number of hydrogen-bond acceptors (Lipinski definition) is 4. The van der Waals surface area contributed by atoms with Gasteiger partial charge in [-0.25, -0.2) is 0 Å². The van der Waals surface area contributed by atoms with E-state index in [1.54, 1.807) is 25.3 Å². The predicted octanol–water partition coefficient (Wildman–Crippen LogP) is 2.57. The molecule has 0 aliphatic carbocycles.